The average Bonchev–Trinajstić information content (AvgIpc) is 2.47. The number of likely N-dealkylation sites (tertiary alicyclic amines) is 1. The van der Waals surface area contributed by atoms with E-state index >= 15 is 0 Å². The van der Waals surface area contributed by atoms with Gasteiger partial charge in [-0.1, -0.05) is 13.8 Å². The van der Waals surface area contributed by atoms with Crippen molar-refractivity contribution in [3.05, 3.63) is 0 Å². The average molecular weight is 199 g/mol. The summed E-state index contributed by atoms with van der Waals surface area (Å²) in [4.78, 5) is 13.3. The van der Waals surface area contributed by atoms with E-state index in [1.54, 1.807) is 0 Å². The van der Waals surface area contributed by atoms with Crippen molar-refractivity contribution in [2.75, 3.05) is 19.7 Å². The molecule has 0 aliphatic carbocycles. The predicted molar refractivity (Wildman–Crippen MR) is 55.8 cm³/mol. The van der Waals surface area contributed by atoms with Gasteiger partial charge in [-0.25, -0.2) is 0 Å². The van der Waals surface area contributed by atoms with Gasteiger partial charge in [-0.2, -0.15) is 0 Å². The summed E-state index contributed by atoms with van der Waals surface area (Å²) in [6, 6.07) is 0. The lowest BCUT2D eigenvalue weighted by Crippen LogP contribution is -2.26. The molecule has 14 heavy (non-hydrogen) atoms. The first kappa shape index (κ1) is 11.5. The second-order valence-electron chi connectivity index (χ2n) is 4.63. The number of carbonyl (C=O) groups excluding carboxylic acids is 1. The Kier molecular flexibility index (Phi) is 4.39. The summed E-state index contributed by atoms with van der Waals surface area (Å²) in [5.41, 5.74) is 0. The Bertz CT molecular complexity index is 192. The van der Waals surface area contributed by atoms with Gasteiger partial charge in [0.2, 0.25) is 5.91 Å². The molecule has 1 N–H and O–H groups in total. The first-order chi connectivity index (χ1) is 6.63. The van der Waals surface area contributed by atoms with E-state index in [1.807, 2.05) is 4.90 Å². The van der Waals surface area contributed by atoms with Crippen molar-refractivity contribution in [2.24, 2.45) is 11.8 Å². The smallest absolute Gasteiger partial charge is 0.223 e. The Morgan fingerprint density at radius 3 is 2.79 bits per heavy atom. The Hall–Kier alpha value is -0.570. The molecule has 0 spiro atoms. The second kappa shape index (κ2) is 5.35. The van der Waals surface area contributed by atoms with Crippen LogP contribution in [0.1, 0.15) is 33.1 Å². The lowest BCUT2D eigenvalue weighted by molar-refractivity contribution is -0.127. The fraction of sp³-hybridized carbons (Fsp3) is 0.909. The molecule has 3 nitrogen and oxygen atoms in total. The third-order valence-corrected chi connectivity index (χ3v) is 2.76. The number of carbonyl (C=O) groups is 1. The van der Waals surface area contributed by atoms with E-state index in [0.717, 1.165) is 19.5 Å². The van der Waals surface area contributed by atoms with E-state index in [9.17, 15) is 4.79 Å². The molecule has 1 atom stereocenters. The minimum Gasteiger partial charge on any atom is -0.396 e. The van der Waals surface area contributed by atoms with Gasteiger partial charge in [0.05, 0.1) is 0 Å². The molecule has 1 saturated heterocycles. The van der Waals surface area contributed by atoms with Crippen molar-refractivity contribution in [3.8, 4) is 0 Å². The second-order valence-corrected chi connectivity index (χ2v) is 4.63. The van der Waals surface area contributed by atoms with Crippen LogP contribution in [-0.4, -0.2) is 35.6 Å². The Morgan fingerprint density at radius 1 is 1.57 bits per heavy atom. The Morgan fingerprint density at radius 2 is 2.29 bits per heavy atom. The molecule has 1 heterocycles. The molecule has 1 aliphatic rings. The van der Waals surface area contributed by atoms with Crippen LogP contribution in [0.15, 0.2) is 0 Å². The third-order valence-electron chi connectivity index (χ3n) is 2.76. The van der Waals surface area contributed by atoms with Crippen molar-refractivity contribution in [3.63, 3.8) is 0 Å². The van der Waals surface area contributed by atoms with Crippen LogP contribution in [0.4, 0.5) is 0 Å². The van der Waals surface area contributed by atoms with Crippen molar-refractivity contribution < 1.29 is 9.90 Å². The van der Waals surface area contributed by atoms with Crippen LogP contribution in [0.2, 0.25) is 0 Å². The highest BCUT2D eigenvalue weighted by Gasteiger charge is 2.28. The highest BCUT2D eigenvalue weighted by Crippen LogP contribution is 2.18. The Labute approximate surface area is 86.1 Å². The molecule has 0 saturated carbocycles. The molecule has 1 unspecified atom stereocenters. The van der Waals surface area contributed by atoms with Crippen LogP contribution in [0.25, 0.3) is 0 Å². The minimum absolute atomic E-state index is 0.145. The SMILES string of the molecule is CC(C)CCCN1CC(CO)CC1=O. The number of hydrogen-bond acceptors (Lipinski definition) is 2. The number of hydrogen-bond donors (Lipinski definition) is 1. The topological polar surface area (TPSA) is 40.5 Å². The summed E-state index contributed by atoms with van der Waals surface area (Å²) < 4.78 is 0. The van der Waals surface area contributed by atoms with Crippen LogP contribution in [0.3, 0.4) is 0 Å². The summed E-state index contributed by atoms with van der Waals surface area (Å²) >= 11 is 0. The van der Waals surface area contributed by atoms with Crippen molar-refractivity contribution >= 4 is 5.91 Å². The van der Waals surface area contributed by atoms with E-state index in [4.69, 9.17) is 5.11 Å². The highest BCUT2D eigenvalue weighted by molar-refractivity contribution is 5.78. The van der Waals surface area contributed by atoms with Crippen molar-refractivity contribution in [1.82, 2.24) is 4.90 Å². The van der Waals surface area contributed by atoms with Gasteiger partial charge in [-0.3, -0.25) is 4.79 Å². The molecule has 0 aromatic heterocycles. The van der Waals surface area contributed by atoms with Gasteiger partial charge >= 0.3 is 0 Å². The molecule has 0 bridgehead atoms. The van der Waals surface area contributed by atoms with Gasteiger partial charge in [0.15, 0.2) is 0 Å². The van der Waals surface area contributed by atoms with Crippen molar-refractivity contribution in [2.45, 2.75) is 33.1 Å². The van der Waals surface area contributed by atoms with Crippen LogP contribution < -0.4 is 0 Å². The molecular weight excluding hydrogens is 178 g/mol. The summed E-state index contributed by atoms with van der Waals surface area (Å²) in [5.74, 6) is 1.11. The number of amides is 1. The summed E-state index contributed by atoms with van der Waals surface area (Å²) in [7, 11) is 0. The van der Waals surface area contributed by atoms with E-state index in [-0.39, 0.29) is 18.4 Å². The van der Waals surface area contributed by atoms with E-state index in [1.165, 1.54) is 6.42 Å². The van der Waals surface area contributed by atoms with Gasteiger partial charge in [0.1, 0.15) is 0 Å². The monoisotopic (exact) mass is 199 g/mol. The predicted octanol–water partition coefficient (Wildman–Crippen LogP) is 1.26. The molecule has 1 aliphatic heterocycles. The largest absolute Gasteiger partial charge is 0.396 e. The van der Waals surface area contributed by atoms with E-state index < -0.39 is 0 Å². The van der Waals surface area contributed by atoms with Gasteiger partial charge in [-0.15, -0.1) is 0 Å². The van der Waals surface area contributed by atoms with E-state index in [0.29, 0.717) is 12.3 Å². The Balaban J connectivity index is 2.21. The maximum atomic E-state index is 11.4. The summed E-state index contributed by atoms with van der Waals surface area (Å²) in [6.45, 7) is 6.16. The highest BCUT2D eigenvalue weighted by atomic mass is 16.3. The van der Waals surface area contributed by atoms with Crippen LogP contribution >= 0.6 is 0 Å². The first-order valence-electron chi connectivity index (χ1n) is 5.52. The fourth-order valence-corrected chi connectivity index (χ4v) is 1.88. The maximum absolute atomic E-state index is 11.4. The zero-order chi connectivity index (χ0) is 10.6. The quantitative estimate of drug-likeness (QED) is 0.724. The number of aliphatic hydroxyl groups excluding tert-OH is 1. The maximum Gasteiger partial charge on any atom is 0.223 e. The lowest BCUT2D eigenvalue weighted by atomic mass is 10.1. The fourth-order valence-electron chi connectivity index (χ4n) is 1.88. The standard InChI is InChI=1S/C11H21NO2/c1-9(2)4-3-5-12-7-10(8-13)6-11(12)14/h9-10,13H,3-8H2,1-2H3. The van der Waals surface area contributed by atoms with Crippen molar-refractivity contribution in [1.29, 1.82) is 0 Å². The molecular formula is C11H21NO2. The zero-order valence-corrected chi connectivity index (χ0v) is 9.20. The van der Waals surface area contributed by atoms with Gasteiger partial charge in [-0.05, 0) is 18.8 Å². The summed E-state index contributed by atoms with van der Waals surface area (Å²) in [5, 5.41) is 8.94. The van der Waals surface area contributed by atoms with Gasteiger partial charge in [0, 0.05) is 32.0 Å². The van der Waals surface area contributed by atoms with Crippen LogP contribution in [-0.2, 0) is 4.79 Å². The third kappa shape index (κ3) is 3.29. The first-order valence-corrected chi connectivity index (χ1v) is 5.52. The zero-order valence-electron chi connectivity index (χ0n) is 9.20. The molecule has 1 rings (SSSR count). The minimum atomic E-state index is 0.145. The molecule has 0 aromatic carbocycles. The molecule has 82 valence electrons. The molecule has 1 amide bonds. The van der Waals surface area contributed by atoms with Crippen LogP contribution in [0.5, 0.6) is 0 Å². The summed E-state index contributed by atoms with van der Waals surface area (Å²) in [6.07, 6.45) is 2.80. The van der Waals surface area contributed by atoms with Gasteiger partial charge in [0.25, 0.3) is 0 Å². The number of nitrogens with zero attached hydrogens (tertiary/aromatic N) is 1. The lowest BCUT2D eigenvalue weighted by Gasteiger charge is -2.16. The molecule has 1 fully saturated rings. The van der Waals surface area contributed by atoms with E-state index in [2.05, 4.69) is 13.8 Å². The molecule has 3 heteroatoms. The van der Waals surface area contributed by atoms with Gasteiger partial charge < -0.3 is 10.0 Å². The number of rotatable bonds is 5. The molecule has 0 aromatic rings. The van der Waals surface area contributed by atoms with Crippen LogP contribution in [0, 0.1) is 11.8 Å². The number of aliphatic hydroxyl groups is 1. The normalized spacial score (nSPS) is 22.4. The molecule has 0 radical (unpaired) electrons.